The number of hydrogen-bond donors (Lipinski definition) is 4. The van der Waals surface area contributed by atoms with Crippen LogP contribution in [-0.4, -0.2) is 11.8 Å². The normalized spacial score (nSPS) is 16.7. The Kier molecular flexibility index (Phi) is 4.83. The van der Waals surface area contributed by atoms with Gasteiger partial charge in [0, 0.05) is 12.1 Å². The second kappa shape index (κ2) is 6.80. The molecule has 6 nitrogen and oxygen atoms in total. The van der Waals surface area contributed by atoms with Gasteiger partial charge in [0.25, 0.3) is 0 Å². The fraction of sp³-hybridized carbons (Fsp3) is 0.250. The van der Waals surface area contributed by atoms with Gasteiger partial charge in [-0.2, -0.15) is 0 Å². The molecule has 1 saturated heterocycles. The van der Waals surface area contributed by atoms with E-state index in [1.807, 2.05) is 31.2 Å². The summed E-state index contributed by atoms with van der Waals surface area (Å²) in [5, 5.41) is 0. The van der Waals surface area contributed by atoms with Crippen molar-refractivity contribution in [3.8, 4) is 0 Å². The molecule has 0 radical (unpaired) electrons. The van der Waals surface area contributed by atoms with Crippen molar-refractivity contribution in [2.75, 3.05) is 0 Å². The summed E-state index contributed by atoms with van der Waals surface area (Å²) in [6, 6.07) is 7.80. The van der Waals surface area contributed by atoms with Gasteiger partial charge in [-0.25, -0.2) is 0 Å². The van der Waals surface area contributed by atoms with Crippen LogP contribution in [0.5, 0.6) is 0 Å². The van der Waals surface area contributed by atoms with Gasteiger partial charge in [0.2, 0.25) is 11.8 Å². The summed E-state index contributed by atoms with van der Waals surface area (Å²) in [5.74, 6) is -0.735. The minimum absolute atomic E-state index is 0.158. The van der Waals surface area contributed by atoms with E-state index in [2.05, 4.69) is 34.9 Å². The molecule has 0 spiro atoms. The van der Waals surface area contributed by atoms with Crippen LogP contribution in [-0.2, 0) is 9.59 Å². The predicted octanol–water partition coefficient (Wildman–Crippen LogP) is 1.13. The molecule has 1 aliphatic rings. The monoisotopic (exact) mass is 300 g/mol. The van der Waals surface area contributed by atoms with Gasteiger partial charge in [-0.15, -0.1) is 0 Å². The minimum atomic E-state index is -0.369. The van der Waals surface area contributed by atoms with Crippen molar-refractivity contribution in [1.29, 1.82) is 0 Å². The summed E-state index contributed by atoms with van der Waals surface area (Å²) >= 11 is 0. The highest BCUT2D eigenvalue weighted by Gasteiger charge is 2.28. The molecule has 0 aliphatic carbocycles. The molecule has 1 unspecified atom stereocenters. The fourth-order valence-electron chi connectivity index (χ4n) is 2.09. The molecule has 1 aromatic carbocycles. The van der Waals surface area contributed by atoms with Crippen LogP contribution in [0.3, 0.4) is 0 Å². The van der Waals surface area contributed by atoms with E-state index >= 15 is 0 Å². The van der Waals surface area contributed by atoms with Crippen molar-refractivity contribution in [3.63, 3.8) is 0 Å². The van der Waals surface area contributed by atoms with Crippen LogP contribution in [0.15, 0.2) is 43.1 Å². The molecular weight excluding hydrogens is 280 g/mol. The quantitative estimate of drug-likeness (QED) is 0.594. The molecular formula is C16H20N4O2. The zero-order valence-electron chi connectivity index (χ0n) is 12.5. The first kappa shape index (κ1) is 15.6. The molecule has 1 heterocycles. The number of hydrogen-bond acceptors (Lipinski definition) is 4. The lowest BCUT2D eigenvalue weighted by atomic mass is 10.0. The number of rotatable bonds is 6. The van der Waals surface area contributed by atoms with Crippen molar-refractivity contribution in [2.24, 2.45) is 5.92 Å². The summed E-state index contributed by atoms with van der Waals surface area (Å²) in [5.41, 5.74) is 13.8. The van der Waals surface area contributed by atoms with E-state index in [4.69, 9.17) is 0 Å². The summed E-state index contributed by atoms with van der Waals surface area (Å²) in [6.07, 6.45) is 0.620. The lowest BCUT2D eigenvalue weighted by molar-refractivity contribution is -0.123. The highest BCUT2D eigenvalue weighted by molar-refractivity contribution is 5.84. The number of benzene rings is 1. The van der Waals surface area contributed by atoms with Gasteiger partial charge in [0.05, 0.1) is 11.6 Å². The number of carbonyl (C=O) groups excluding carboxylic acids is 2. The van der Waals surface area contributed by atoms with Crippen LogP contribution in [0.2, 0.25) is 0 Å². The summed E-state index contributed by atoms with van der Waals surface area (Å²) < 4.78 is 0. The number of amides is 2. The van der Waals surface area contributed by atoms with E-state index in [1.54, 1.807) is 0 Å². The molecule has 1 aromatic rings. The van der Waals surface area contributed by atoms with Crippen LogP contribution in [0, 0.1) is 12.8 Å². The molecule has 0 saturated carbocycles. The van der Waals surface area contributed by atoms with Crippen molar-refractivity contribution < 1.29 is 9.59 Å². The molecule has 1 aliphatic heterocycles. The number of aryl methyl sites for hydroxylation is 1. The highest BCUT2D eigenvalue weighted by atomic mass is 16.2. The summed E-state index contributed by atoms with van der Waals surface area (Å²) in [4.78, 5) is 23.3. The van der Waals surface area contributed by atoms with Gasteiger partial charge in [-0.3, -0.25) is 25.9 Å². The molecule has 6 heteroatoms. The van der Waals surface area contributed by atoms with E-state index in [0.717, 1.165) is 11.1 Å². The Balaban J connectivity index is 1.75. The minimum Gasteiger partial charge on any atom is -0.303 e. The van der Waals surface area contributed by atoms with Crippen molar-refractivity contribution in [2.45, 2.75) is 19.8 Å². The van der Waals surface area contributed by atoms with Crippen molar-refractivity contribution in [3.05, 3.63) is 54.2 Å². The number of carbonyl (C=O) groups is 2. The van der Waals surface area contributed by atoms with Crippen LogP contribution < -0.4 is 21.7 Å². The molecule has 2 rings (SSSR count). The average molecular weight is 300 g/mol. The Hall–Kier alpha value is -2.76. The first-order chi connectivity index (χ1) is 10.5. The van der Waals surface area contributed by atoms with E-state index in [9.17, 15) is 9.59 Å². The highest BCUT2D eigenvalue weighted by Crippen LogP contribution is 2.17. The van der Waals surface area contributed by atoms with Crippen molar-refractivity contribution in [1.82, 2.24) is 21.7 Å². The molecule has 0 bridgehead atoms. The van der Waals surface area contributed by atoms with Crippen LogP contribution in [0.25, 0.3) is 5.70 Å². The number of hydrazine groups is 2. The standard InChI is InChI=1S/C16H20N4O2/c1-10-4-6-13(7-5-10)11(2)17-19-15(21)9-8-14-12(3)18-20-16(14)22/h4-7,14,17-18H,2-3,8-9H2,1H3,(H,19,21)(H,20,22). The molecule has 22 heavy (non-hydrogen) atoms. The molecule has 1 fully saturated rings. The topological polar surface area (TPSA) is 82.3 Å². The average Bonchev–Trinajstić information content (AvgIpc) is 2.82. The van der Waals surface area contributed by atoms with Gasteiger partial charge >= 0.3 is 0 Å². The lowest BCUT2D eigenvalue weighted by Gasteiger charge is -2.12. The third kappa shape index (κ3) is 3.88. The van der Waals surface area contributed by atoms with Crippen LogP contribution in [0.4, 0.5) is 0 Å². The zero-order valence-corrected chi connectivity index (χ0v) is 12.5. The maximum atomic E-state index is 11.8. The van der Waals surface area contributed by atoms with Gasteiger partial charge in [-0.1, -0.05) is 43.0 Å². The van der Waals surface area contributed by atoms with Gasteiger partial charge < -0.3 is 5.43 Å². The van der Waals surface area contributed by atoms with Crippen molar-refractivity contribution >= 4 is 17.5 Å². The maximum absolute atomic E-state index is 11.8. The van der Waals surface area contributed by atoms with E-state index < -0.39 is 0 Å². The van der Waals surface area contributed by atoms with Crippen LogP contribution in [0.1, 0.15) is 24.0 Å². The van der Waals surface area contributed by atoms with E-state index in [0.29, 0.717) is 17.8 Å². The predicted molar refractivity (Wildman–Crippen MR) is 84.6 cm³/mol. The Morgan fingerprint density at radius 2 is 1.91 bits per heavy atom. The van der Waals surface area contributed by atoms with Crippen LogP contribution >= 0.6 is 0 Å². The SMILES string of the molecule is C=C(NNC(=O)CCC1C(=C)NNC1=O)c1ccc(C)cc1. The lowest BCUT2D eigenvalue weighted by Crippen LogP contribution is -2.36. The molecule has 2 amide bonds. The van der Waals surface area contributed by atoms with E-state index in [1.165, 1.54) is 0 Å². The zero-order chi connectivity index (χ0) is 16.1. The first-order valence-corrected chi connectivity index (χ1v) is 7.03. The largest absolute Gasteiger partial charge is 0.303 e. The Morgan fingerprint density at radius 1 is 1.23 bits per heavy atom. The molecule has 116 valence electrons. The van der Waals surface area contributed by atoms with Gasteiger partial charge in [-0.05, 0) is 18.9 Å². The van der Waals surface area contributed by atoms with Gasteiger partial charge in [0.1, 0.15) is 0 Å². The molecule has 1 atom stereocenters. The second-order valence-corrected chi connectivity index (χ2v) is 5.25. The smallest absolute Gasteiger partial charge is 0.247 e. The summed E-state index contributed by atoms with van der Waals surface area (Å²) in [6.45, 7) is 9.61. The third-order valence-corrected chi connectivity index (χ3v) is 3.50. The second-order valence-electron chi connectivity index (χ2n) is 5.25. The first-order valence-electron chi connectivity index (χ1n) is 7.03. The maximum Gasteiger partial charge on any atom is 0.247 e. The Morgan fingerprint density at radius 3 is 2.50 bits per heavy atom. The number of nitrogens with one attached hydrogen (secondary N) is 4. The summed E-state index contributed by atoms with van der Waals surface area (Å²) in [7, 11) is 0. The fourth-order valence-corrected chi connectivity index (χ4v) is 2.09. The molecule has 0 aromatic heterocycles. The molecule has 4 N–H and O–H groups in total. The Labute approximate surface area is 129 Å². The third-order valence-electron chi connectivity index (χ3n) is 3.50. The van der Waals surface area contributed by atoms with Gasteiger partial charge in [0.15, 0.2) is 0 Å². The Bertz CT molecular complexity index is 591. The van der Waals surface area contributed by atoms with E-state index in [-0.39, 0.29) is 24.2 Å².